The van der Waals surface area contributed by atoms with Crippen molar-refractivity contribution in [3.05, 3.63) is 65.5 Å². The molecule has 2 aromatic rings. The Morgan fingerprint density at radius 3 is 2.71 bits per heavy atom. The smallest absolute Gasteiger partial charge is 0.261 e. The summed E-state index contributed by atoms with van der Waals surface area (Å²) >= 11 is 0. The monoisotopic (exact) mass is 287 g/mol. The molecule has 0 saturated carbocycles. The summed E-state index contributed by atoms with van der Waals surface area (Å²) in [6, 6.07) is 13.8. The minimum absolute atomic E-state index is 0.146. The van der Waals surface area contributed by atoms with Crippen molar-refractivity contribution in [2.75, 3.05) is 0 Å². The van der Waals surface area contributed by atoms with Gasteiger partial charge in [0.2, 0.25) is 0 Å². The van der Waals surface area contributed by atoms with Gasteiger partial charge in [-0.3, -0.25) is 4.79 Å². The molecule has 0 aliphatic heterocycles. The summed E-state index contributed by atoms with van der Waals surface area (Å²) in [4.78, 5) is 12.0. The van der Waals surface area contributed by atoms with Crippen LogP contribution in [0.4, 0.5) is 4.39 Å². The van der Waals surface area contributed by atoms with Crippen LogP contribution in [0.2, 0.25) is 0 Å². The van der Waals surface area contributed by atoms with Gasteiger partial charge in [0.05, 0.1) is 0 Å². The summed E-state index contributed by atoms with van der Waals surface area (Å²) < 4.78 is 19.0. The SMILES string of the molecule is Cc1cccc(O[C@@H](C)C(=O)NCc2ccccc2F)c1. The third-order valence-corrected chi connectivity index (χ3v) is 3.08. The number of ether oxygens (including phenoxy) is 1. The number of hydrogen-bond acceptors (Lipinski definition) is 2. The van der Waals surface area contributed by atoms with Gasteiger partial charge in [0.1, 0.15) is 11.6 Å². The third kappa shape index (κ3) is 4.31. The summed E-state index contributed by atoms with van der Waals surface area (Å²) in [5.74, 6) is 0.0355. The van der Waals surface area contributed by atoms with Crippen molar-refractivity contribution in [1.82, 2.24) is 5.32 Å². The number of aryl methyl sites for hydroxylation is 1. The predicted octanol–water partition coefficient (Wildman–Crippen LogP) is 3.22. The number of carbonyl (C=O) groups is 1. The number of benzene rings is 2. The molecule has 21 heavy (non-hydrogen) atoms. The number of nitrogens with one attached hydrogen (secondary N) is 1. The maximum atomic E-state index is 13.4. The van der Waals surface area contributed by atoms with E-state index < -0.39 is 6.10 Å². The molecule has 1 amide bonds. The van der Waals surface area contributed by atoms with Crippen LogP contribution in [0, 0.1) is 12.7 Å². The van der Waals surface area contributed by atoms with Crippen molar-refractivity contribution in [2.24, 2.45) is 0 Å². The van der Waals surface area contributed by atoms with E-state index in [2.05, 4.69) is 5.32 Å². The lowest BCUT2D eigenvalue weighted by molar-refractivity contribution is -0.127. The lowest BCUT2D eigenvalue weighted by atomic mass is 10.2. The second-order valence-corrected chi connectivity index (χ2v) is 4.89. The summed E-state index contributed by atoms with van der Waals surface area (Å²) in [6.07, 6.45) is -0.640. The molecule has 0 aliphatic rings. The minimum Gasteiger partial charge on any atom is -0.481 e. The van der Waals surface area contributed by atoms with Gasteiger partial charge in [-0.05, 0) is 37.6 Å². The topological polar surface area (TPSA) is 38.3 Å². The number of hydrogen-bond donors (Lipinski definition) is 1. The van der Waals surface area contributed by atoms with E-state index in [1.54, 1.807) is 31.2 Å². The Hall–Kier alpha value is -2.36. The Kier molecular flexibility index (Phi) is 4.93. The molecule has 4 heteroatoms. The Morgan fingerprint density at radius 2 is 2.00 bits per heavy atom. The zero-order valence-corrected chi connectivity index (χ0v) is 12.1. The van der Waals surface area contributed by atoms with Crippen LogP contribution in [0.1, 0.15) is 18.1 Å². The Morgan fingerprint density at radius 1 is 1.24 bits per heavy atom. The van der Waals surface area contributed by atoms with E-state index in [1.807, 2.05) is 25.1 Å². The van der Waals surface area contributed by atoms with E-state index >= 15 is 0 Å². The fourth-order valence-electron chi connectivity index (χ4n) is 1.91. The first-order valence-corrected chi connectivity index (χ1v) is 6.80. The second kappa shape index (κ2) is 6.88. The lowest BCUT2D eigenvalue weighted by Crippen LogP contribution is -2.36. The zero-order valence-electron chi connectivity index (χ0n) is 12.1. The largest absolute Gasteiger partial charge is 0.481 e. The highest BCUT2D eigenvalue weighted by atomic mass is 19.1. The Labute approximate surface area is 123 Å². The van der Waals surface area contributed by atoms with Gasteiger partial charge in [0.15, 0.2) is 6.10 Å². The van der Waals surface area contributed by atoms with E-state index in [4.69, 9.17) is 4.74 Å². The maximum Gasteiger partial charge on any atom is 0.261 e. The zero-order chi connectivity index (χ0) is 15.2. The normalized spacial score (nSPS) is 11.8. The van der Waals surface area contributed by atoms with Crippen LogP contribution in [0.5, 0.6) is 5.75 Å². The summed E-state index contributed by atoms with van der Waals surface area (Å²) in [6.45, 7) is 3.77. The second-order valence-electron chi connectivity index (χ2n) is 4.89. The molecule has 0 fully saturated rings. The van der Waals surface area contributed by atoms with Crippen molar-refractivity contribution < 1.29 is 13.9 Å². The van der Waals surface area contributed by atoms with Gasteiger partial charge >= 0.3 is 0 Å². The molecule has 0 aromatic heterocycles. The first-order valence-electron chi connectivity index (χ1n) is 6.80. The van der Waals surface area contributed by atoms with E-state index in [-0.39, 0.29) is 18.3 Å². The van der Waals surface area contributed by atoms with Crippen LogP contribution in [-0.4, -0.2) is 12.0 Å². The van der Waals surface area contributed by atoms with Gasteiger partial charge < -0.3 is 10.1 Å². The van der Waals surface area contributed by atoms with E-state index in [9.17, 15) is 9.18 Å². The van der Waals surface area contributed by atoms with Crippen LogP contribution in [-0.2, 0) is 11.3 Å². The highest BCUT2D eigenvalue weighted by molar-refractivity contribution is 5.80. The first kappa shape index (κ1) is 15.0. The molecule has 2 aromatic carbocycles. The fraction of sp³-hybridized carbons (Fsp3) is 0.235. The summed E-state index contributed by atoms with van der Waals surface area (Å²) in [5, 5.41) is 2.67. The lowest BCUT2D eigenvalue weighted by Gasteiger charge is -2.15. The highest BCUT2D eigenvalue weighted by Gasteiger charge is 2.14. The van der Waals surface area contributed by atoms with Gasteiger partial charge in [-0.1, -0.05) is 30.3 Å². The molecule has 0 aliphatic carbocycles. The third-order valence-electron chi connectivity index (χ3n) is 3.08. The van der Waals surface area contributed by atoms with Crippen LogP contribution < -0.4 is 10.1 Å². The molecule has 0 saturated heterocycles. The molecule has 3 nitrogen and oxygen atoms in total. The van der Waals surface area contributed by atoms with Crippen LogP contribution in [0.15, 0.2) is 48.5 Å². The van der Waals surface area contributed by atoms with Crippen LogP contribution in [0.25, 0.3) is 0 Å². The molecular weight excluding hydrogens is 269 g/mol. The molecule has 0 unspecified atom stereocenters. The first-order chi connectivity index (χ1) is 10.1. The van der Waals surface area contributed by atoms with Crippen molar-refractivity contribution in [2.45, 2.75) is 26.5 Å². The predicted molar refractivity (Wildman–Crippen MR) is 79.5 cm³/mol. The average Bonchev–Trinajstić information content (AvgIpc) is 2.46. The van der Waals surface area contributed by atoms with E-state index in [1.165, 1.54) is 6.07 Å². The number of halogens is 1. The molecule has 1 atom stereocenters. The van der Waals surface area contributed by atoms with Gasteiger partial charge in [0, 0.05) is 12.1 Å². The van der Waals surface area contributed by atoms with Crippen molar-refractivity contribution in [3.63, 3.8) is 0 Å². The van der Waals surface area contributed by atoms with Crippen molar-refractivity contribution >= 4 is 5.91 Å². The Bertz CT molecular complexity index is 628. The molecule has 0 spiro atoms. The molecule has 0 radical (unpaired) electrons. The fourth-order valence-corrected chi connectivity index (χ4v) is 1.91. The number of carbonyl (C=O) groups excluding carboxylic acids is 1. The van der Waals surface area contributed by atoms with Gasteiger partial charge in [-0.25, -0.2) is 4.39 Å². The number of amides is 1. The van der Waals surface area contributed by atoms with Crippen LogP contribution >= 0.6 is 0 Å². The van der Waals surface area contributed by atoms with Gasteiger partial charge in [-0.15, -0.1) is 0 Å². The molecule has 110 valence electrons. The molecule has 2 rings (SSSR count). The quantitative estimate of drug-likeness (QED) is 0.917. The van der Waals surface area contributed by atoms with E-state index in [0.29, 0.717) is 11.3 Å². The van der Waals surface area contributed by atoms with Crippen LogP contribution in [0.3, 0.4) is 0 Å². The highest BCUT2D eigenvalue weighted by Crippen LogP contribution is 2.14. The van der Waals surface area contributed by atoms with Crippen molar-refractivity contribution in [1.29, 1.82) is 0 Å². The van der Waals surface area contributed by atoms with Gasteiger partial charge in [0.25, 0.3) is 5.91 Å². The van der Waals surface area contributed by atoms with Gasteiger partial charge in [-0.2, -0.15) is 0 Å². The van der Waals surface area contributed by atoms with E-state index in [0.717, 1.165) is 5.56 Å². The molecule has 0 heterocycles. The summed E-state index contributed by atoms with van der Waals surface area (Å²) in [5.41, 5.74) is 1.51. The standard InChI is InChI=1S/C17H18FNO2/c1-12-6-5-8-15(10-12)21-13(2)17(20)19-11-14-7-3-4-9-16(14)18/h3-10,13H,11H2,1-2H3,(H,19,20)/t13-/m0/s1. The molecule has 0 bridgehead atoms. The molecular formula is C17H18FNO2. The maximum absolute atomic E-state index is 13.4. The summed E-state index contributed by atoms with van der Waals surface area (Å²) in [7, 11) is 0. The minimum atomic E-state index is -0.640. The average molecular weight is 287 g/mol. The van der Waals surface area contributed by atoms with Crippen molar-refractivity contribution in [3.8, 4) is 5.75 Å². The Balaban J connectivity index is 1.90. The molecule has 1 N–H and O–H groups in total. The number of rotatable bonds is 5.